The maximum atomic E-state index is 14.2. The van der Waals surface area contributed by atoms with E-state index in [-0.39, 0.29) is 5.56 Å². The predicted molar refractivity (Wildman–Crippen MR) is 112 cm³/mol. The molecule has 0 atom stereocenters. The molecule has 2 aliphatic carbocycles. The molecule has 2 saturated carbocycles. The molecule has 170 valence electrons. The molecule has 0 bridgehead atoms. The third-order valence-corrected chi connectivity index (χ3v) is 7.58. The lowest BCUT2D eigenvalue weighted by Crippen LogP contribution is -2.26. The number of hydrogen-bond acceptors (Lipinski definition) is 1. The van der Waals surface area contributed by atoms with Crippen LogP contribution in [-0.4, -0.2) is 6.61 Å². The summed E-state index contributed by atoms with van der Waals surface area (Å²) >= 11 is 0. The standard InChI is InChI=1S/C25H36F4O/c1-2-3-4-17-5-10-19(11-6-17)20-12-7-18(8-13-20)9-14-21-15-16-22(30-25(28)29)24(27)23(21)26/h15-20,25H,2-14H2,1H3. The summed E-state index contributed by atoms with van der Waals surface area (Å²) in [7, 11) is 0. The summed E-state index contributed by atoms with van der Waals surface area (Å²) in [5, 5.41) is 0. The van der Waals surface area contributed by atoms with Gasteiger partial charge in [-0.25, -0.2) is 4.39 Å². The number of halogens is 4. The van der Waals surface area contributed by atoms with Gasteiger partial charge in [-0.05, 0) is 73.8 Å². The van der Waals surface area contributed by atoms with Crippen molar-refractivity contribution in [1.29, 1.82) is 0 Å². The molecule has 0 unspecified atom stereocenters. The van der Waals surface area contributed by atoms with Crippen LogP contribution in [0.2, 0.25) is 0 Å². The summed E-state index contributed by atoms with van der Waals surface area (Å²) in [6.07, 6.45) is 15.8. The van der Waals surface area contributed by atoms with E-state index in [1.165, 1.54) is 63.9 Å². The molecule has 0 aromatic heterocycles. The van der Waals surface area contributed by atoms with Crippen LogP contribution in [0.3, 0.4) is 0 Å². The molecule has 1 nitrogen and oxygen atoms in total. The molecular formula is C25H36F4O. The largest absolute Gasteiger partial charge is 0.432 e. The van der Waals surface area contributed by atoms with Crippen molar-refractivity contribution in [3.63, 3.8) is 0 Å². The molecule has 0 spiro atoms. The Balaban J connectivity index is 1.41. The van der Waals surface area contributed by atoms with E-state index < -0.39 is 24.0 Å². The molecule has 0 amide bonds. The minimum atomic E-state index is -3.16. The lowest BCUT2D eigenvalue weighted by atomic mass is 9.68. The average molecular weight is 429 g/mol. The van der Waals surface area contributed by atoms with Gasteiger partial charge in [0.2, 0.25) is 5.82 Å². The van der Waals surface area contributed by atoms with Crippen LogP contribution in [0, 0.1) is 35.3 Å². The monoisotopic (exact) mass is 428 g/mol. The van der Waals surface area contributed by atoms with Crippen molar-refractivity contribution in [3.8, 4) is 5.75 Å². The Morgan fingerprint density at radius 1 is 0.833 bits per heavy atom. The summed E-state index contributed by atoms with van der Waals surface area (Å²) < 4.78 is 56.6. The lowest BCUT2D eigenvalue weighted by Gasteiger charge is -2.38. The highest BCUT2D eigenvalue weighted by Crippen LogP contribution is 2.43. The van der Waals surface area contributed by atoms with Gasteiger partial charge in [-0.15, -0.1) is 0 Å². The van der Waals surface area contributed by atoms with Gasteiger partial charge >= 0.3 is 6.61 Å². The van der Waals surface area contributed by atoms with E-state index >= 15 is 0 Å². The zero-order chi connectivity index (χ0) is 21.5. The zero-order valence-corrected chi connectivity index (χ0v) is 18.2. The Morgan fingerprint density at radius 3 is 1.93 bits per heavy atom. The molecule has 2 fully saturated rings. The first kappa shape index (κ1) is 23.4. The summed E-state index contributed by atoms with van der Waals surface area (Å²) in [4.78, 5) is 0. The van der Waals surface area contributed by atoms with Crippen LogP contribution in [-0.2, 0) is 6.42 Å². The highest BCUT2D eigenvalue weighted by molar-refractivity contribution is 5.31. The number of hydrogen-bond donors (Lipinski definition) is 0. The van der Waals surface area contributed by atoms with E-state index in [1.807, 2.05) is 0 Å². The first-order valence-corrected chi connectivity index (χ1v) is 11.9. The third-order valence-electron chi connectivity index (χ3n) is 7.58. The van der Waals surface area contributed by atoms with E-state index in [2.05, 4.69) is 11.7 Å². The fourth-order valence-corrected chi connectivity index (χ4v) is 5.70. The van der Waals surface area contributed by atoms with Gasteiger partial charge in [0.1, 0.15) is 0 Å². The average Bonchev–Trinajstić information content (AvgIpc) is 2.75. The Morgan fingerprint density at radius 2 is 1.40 bits per heavy atom. The quantitative estimate of drug-likeness (QED) is 0.359. The van der Waals surface area contributed by atoms with Gasteiger partial charge in [0.25, 0.3) is 0 Å². The second kappa shape index (κ2) is 11.4. The summed E-state index contributed by atoms with van der Waals surface area (Å²) in [5.74, 6) is 0.127. The van der Waals surface area contributed by atoms with E-state index in [0.717, 1.165) is 43.1 Å². The maximum Gasteiger partial charge on any atom is 0.387 e. The normalized spacial score (nSPS) is 27.4. The fourth-order valence-electron chi connectivity index (χ4n) is 5.70. The Hall–Kier alpha value is -1.26. The lowest BCUT2D eigenvalue weighted by molar-refractivity contribution is -0.0525. The molecule has 30 heavy (non-hydrogen) atoms. The number of alkyl halides is 2. The maximum absolute atomic E-state index is 14.2. The number of ether oxygens (including phenoxy) is 1. The molecule has 0 heterocycles. The van der Waals surface area contributed by atoms with Crippen molar-refractivity contribution < 1.29 is 22.3 Å². The smallest absolute Gasteiger partial charge is 0.387 e. The topological polar surface area (TPSA) is 9.23 Å². The first-order chi connectivity index (χ1) is 14.5. The Labute approximate surface area is 178 Å². The summed E-state index contributed by atoms with van der Waals surface area (Å²) in [6.45, 7) is -0.891. The molecule has 0 saturated heterocycles. The van der Waals surface area contributed by atoms with Crippen molar-refractivity contribution in [1.82, 2.24) is 0 Å². The molecule has 1 aromatic rings. The number of rotatable bonds is 9. The number of benzene rings is 1. The SMILES string of the molecule is CCCCC1CCC(C2CCC(CCc3ccc(OC(F)F)c(F)c3F)CC2)CC1. The first-order valence-electron chi connectivity index (χ1n) is 11.9. The van der Waals surface area contributed by atoms with E-state index in [0.29, 0.717) is 12.3 Å². The second-order valence-corrected chi connectivity index (χ2v) is 9.47. The number of unbranched alkanes of at least 4 members (excludes halogenated alkanes) is 1. The van der Waals surface area contributed by atoms with Gasteiger partial charge in [0.15, 0.2) is 11.6 Å². The van der Waals surface area contributed by atoms with Gasteiger partial charge < -0.3 is 4.74 Å². The molecule has 3 rings (SSSR count). The summed E-state index contributed by atoms with van der Waals surface area (Å²) in [6, 6.07) is 2.48. The molecule has 5 heteroatoms. The third kappa shape index (κ3) is 6.37. The van der Waals surface area contributed by atoms with Gasteiger partial charge in [0, 0.05) is 0 Å². The molecule has 0 aliphatic heterocycles. The minimum absolute atomic E-state index is 0.252. The van der Waals surface area contributed by atoms with Gasteiger partial charge in [0.05, 0.1) is 0 Å². The Kier molecular flexibility index (Phi) is 8.88. The molecule has 2 aliphatic rings. The van der Waals surface area contributed by atoms with Crippen LogP contribution < -0.4 is 4.74 Å². The van der Waals surface area contributed by atoms with E-state index in [1.54, 1.807) is 0 Å². The fraction of sp³-hybridized carbons (Fsp3) is 0.760. The van der Waals surface area contributed by atoms with Crippen molar-refractivity contribution in [2.24, 2.45) is 23.7 Å². The van der Waals surface area contributed by atoms with Crippen LogP contribution in [0.15, 0.2) is 12.1 Å². The highest BCUT2D eigenvalue weighted by atomic mass is 19.3. The van der Waals surface area contributed by atoms with Crippen LogP contribution in [0.5, 0.6) is 5.75 Å². The van der Waals surface area contributed by atoms with Crippen molar-refractivity contribution >= 4 is 0 Å². The van der Waals surface area contributed by atoms with Crippen molar-refractivity contribution in [2.45, 2.75) is 97.0 Å². The van der Waals surface area contributed by atoms with Crippen molar-refractivity contribution in [3.05, 3.63) is 29.3 Å². The van der Waals surface area contributed by atoms with Crippen LogP contribution in [0.1, 0.15) is 89.5 Å². The molecular weight excluding hydrogens is 392 g/mol. The van der Waals surface area contributed by atoms with Gasteiger partial charge in [-0.1, -0.05) is 57.9 Å². The van der Waals surface area contributed by atoms with E-state index in [4.69, 9.17) is 0 Å². The summed E-state index contributed by atoms with van der Waals surface area (Å²) in [5.41, 5.74) is 0.252. The van der Waals surface area contributed by atoms with Crippen LogP contribution in [0.4, 0.5) is 17.6 Å². The van der Waals surface area contributed by atoms with Gasteiger partial charge in [-0.2, -0.15) is 13.2 Å². The Bertz CT molecular complexity index is 647. The predicted octanol–water partition coefficient (Wildman–Crippen LogP) is 8.30. The molecule has 0 N–H and O–H groups in total. The number of aryl methyl sites for hydroxylation is 1. The molecule has 0 radical (unpaired) electrons. The second-order valence-electron chi connectivity index (χ2n) is 9.47. The van der Waals surface area contributed by atoms with Crippen molar-refractivity contribution in [2.75, 3.05) is 0 Å². The van der Waals surface area contributed by atoms with E-state index in [9.17, 15) is 17.6 Å². The zero-order valence-electron chi connectivity index (χ0n) is 18.2. The van der Waals surface area contributed by atoms with Gasteiger partial charge in [-0.3, -0.25) is 0 Å². The van der Waals surface area contributed by atoms with Crippen LogP contribution in [0.25, 0.3) is 0 Å². The molecule has 1 aromatic carbocycles. The minimum Gasteiger partial charge on any atom is -0.432 e. The van der Waals surface area contributed by atoms with Crippen LogP contribution >= 0.6 is 0 Å². The highest BCUT2D eigenvalue weighted by Gasteiger charge is 2.30.